The monoisotopic (exact) mass is 209 g/mol. The predicted molar refractivity (Wildman–Crippen MR) is 59.2 cm³/mol. The second-order valence-corrected chi connectivity index (χ2v) is 3.33. The van der Waals surface area contributed by atoms with Gasteiger partial charge in [0, 0.05) is 18.5 Å². The fraction of sp³-hybridized carbons (Fsp3) is 0.182. The van der Waals surface area contributed by atoms with Crippen LogP contribution in [0.15, 0.2) is 30.3 Å². The SMILES string of the molecule is CC(=O)NCC=Cc1ccc(Cl)cc1. The molecule has 0 unspecified atom stereocenters. The van der Waals surface area contributed by atoms with Gasteiger partial charge in [0.25, 0.3) is 0 Å². The molecule has 0 fully saturated rings. The zero-order chi connectivity index (χ0) is 10.4. The summed E-state index contributed by atoms with van der Waals surface area (Å²) >= 11 is 5.73. The van der Waals surface area contributed by atoms with E-state index in [4.69, 9.17) is 11.6 Å². The van der Waals surface area contributed by atoms with Crippen LogP contribution < -0.4 is 5.32 Å². The Bertz CT molecular complexity index is 330. The van der Waals surface area contributed by atoms with Crippen molar-refractivity contribution in [2.24, 2.45) is 0 Å². The molecule has 0 radical (unpaired) electrons. The molecule has 0 spiro atoms. The number of amides is 1. The predicted octanol–water partition coefficient (Wildman–Crippen LogP) is 2.49. The molecule has 1 aromatic rings. The summed E-state index contributed by atoms with van der Waals surface area (Å²) in [5.74, 6) is -0.0224. The Balaban J connectivity index is 2.44. The van der Waals surface area contributed by atoms with Gasteiger partial charge in [-0.05, 0) is 17.7 Å². The van der Waals surface area contributed by atoms with Crippen molar-refractivity contribution in [1.29, 1.82) is 0 Å². The molecule has 0 heterocycles. The van der Waals surface area contributed by atoms with E-state index in [0.29, 0.717) is 6.54 Å². The van der Waals surface area contributed by atoms with Crippen LogP contribution in [0.3, 0.4) is 0 Å². The molecule has 74 valence electrons. The highest BCUT2D eigenvalue weighted by atomic mass is 35.5. The van der Waals surface area contributed by atoms with E-state index < -0.39 is 0 Å². The van der Waals surface area contributed by atoms with Crippen LogP contribution in [0, 0.1) is 0 Å². The van der Waals surface area contributed by atoms with Gasteiger partial charge < -0.3 is 5.32 Å². The highest BCUT2D eigenvalue weighted by Crippen LogP contribution is 2.10. The summed E-state index contributed by atoms with van der Waals surface area (Å²) < 4.78 is 0. The lowest BCUT2D eigenvalue weighted by Gasteiger charge is -1.95. The van der Waals surface area contributed by atoms with Gasteiger partial charge >= 0.3 is 0 Å². The van der Waals surface area contributed by atoms with E-state index in [1.807, 2.05) is 36.4 Å². The highest BCUT2D eigenvalue weighted by molar-refractivity contribution is 6.30. The average molecular weight is 210 g/mol. The first-order chi connectivity index (χ1) is 6.68. The van der Waals surface area contributed by atoms with Crippen molar-refractivity contribution in [3.63, 3.8) is 0 Å². The Labute approximate surface area is 88.6 Å². The second-order valence-electron chi connectivity index (χ2n) is 2.89. The summed E-state index contributed by atoms with van der Waals surface area (Å²) in [6.07, 6.45) is 3.83. The molecule has 0 saturated heterocycles. The minimum atomic E-state index is -0.0224. The Morgan fingerprint density at radius 3 is 2.64 bits per heavy atom. The second kappa shape index (κ2) is 5.45. The quantitative estimate of drug-likeness (QED) is 0.814. The molecular formula is C11H12ClNO. The highest BCUT2D eigenvalue weighted by Gasteiger charge is 1.88. The van der Waals surface area contributed by atoms with Gasteiger partial charge in [0.05, 0.1) is 0 Å². The molecule has 2 nitrogen and oxygen atoms in total. The van der Waals surface area contributed by atoms with E-state index in [1.165, 1.54) is 6.92 Å². The Kier molecular flexibility index (Phi) is 4.20. The third-order valence-electron chi connectivity index (χ3n) is 1.65. The Morgan fingerprint density at radius 1 is 1.43 bits per heavy atom. The van der Waals surface area contributed by atoms with Gasteiger partial charge in [-0.2, -0.15) is 0 Å². The number of hydrogen-bond donors (Lipinski definition) is 1. The number of rotatable bonds is 3. The van der Waals surface area contributed by atoms with Gasteiger partial charge in [-0.25, -0.2) is 0 Å². The summed E-state index contributed by atoms with van der Waals surface area (Å²) in [6.45, 7) is 2.05. The van der Waals surface area contributed by atoms with Crippen LogP contribution in [0.5, 0.6) is 0 Å². The van der Waals surface area contributed by atoms with Crippen molar-refractivity contribution in [2.75, 3.05) is 6.54 Å². The normalized spacial score (nSPS) is 10.4. The first-order valence-corrected chi connectivity index (χ1v) is 4.73. The lowest BCUT2D eigenvalue weighted by molar-refractivity contribution is -0.118. The molecule has 0 aliphatic rings. The molecule has 3 heteroatoms. The number of carbonyl (C=O) groups excluding carboxylic acids is 1. The largest absolute Gasteiger partial charge is 0.353 e. The first kappa shape index (κ1) is 10.8. The first-order valence-electron chi connectivity index (χ1n) is 4.35. The maximum atomic E-state index is 10.5. The minimum absolute atomic E-state index is 0.0224. The van der Waals surface area contributed by atoms with Crippen LogP contribution in [0.1, 0.15) is 12.5 Å². The average Bonchev–Trinajstić information content (AvgIpc) is 2.15. The number of hydrogen-bond acceptors (Lipinski definition) is 1. The molecule has 0 bridgehead atoms. The van der Waals surface area contributed by atoms with E-state index in [9.17, 15) is 4.79 Å². The molecule has 1 N–H and O–H groups in total. The minimum Gasteiger partial charge on any atom is -0.353 e. The fourth-order valence-corrected chi connectivity index (χ4v) is 1.10. The van der Waals surface area contributed by atoms with Crippen molar-refractivity contribution in [3.8, 4) is 0 Å². The Hall–Kier alpha value is -1.28. The van der Waals surface area contributed by atoms with Crippen LogP contribution in [-0.2, 0) is 4.79 Å². The molecule has 0 aliphatic carbocycles. The van der Waals surface area contributed by atoms with Crippen molar-refractivity contribution in [2.45, 2.75) is 6.92 Å². The van der Waals surface area contributed by atoms with Gasteiger partial charge in [-0.3, -0.25) is 4.79 Å². The van der Waals surface area contributed by atoms with Gasteiger partial charge in [0.2, 0.25) is 5.91 Å². The van der Waals surface area contributed by atoms with Crippen LogP contribution in [0.25, 0.3) is 6.08 Å². The van der Waals surface area contributed by atoms with Gasteiger partial charge in [0.15, 0.2) is 0 Å². The van der Waals surface area contributed by atoms with Crippen LogP contribution in [0.2, 0.25) is 5.02 Å². The molecule has 0 saturated carbocycles. The summed E-state index contributed by atoms with van der Waals surface area (Å²) in [7, 11) is 0. The maximum absolute atomic E-state index is 10.5. The van der Waals surface area contributed by atoms with Crippen molar-refractivity contribution in [3.05, 3.63) is 40.9 Å². The van der Waals surface area contributed by atoms with E-state index in [2.05, 4.69) is 5.32 Å². The molecule has 14 heavy (non-hydrogen) atoms. The lowest BCUT2D eigenvalue weighted by atomic mass is 10.2. The number of benzene rings is 1. The van der Waals surface area contributed by atoms with Crippen molar-refractivity contribution >= 4 is 23.6 Å². The van der Waals surface area contributed by atoms with Crippen LogP contribution in [0.4, 0.5) is 0 Å². The van der Waals surface area contributed by atoms with E-state index >= 15 is 0 Å². The zero-order valence-corrected chi connectivity index (χ0v) is 8.71. The number of halogens is 1. The molecule has 0 aromatic heterocycles. The van der Waals surface area contributed by atoms with Crippen molar-refractivity contribution in [1.82, 2.24) is 5.32 Å². The number of nitrogens with one attached hydrogen (secondary N) is 1. The van der Waals surface area contributed by atoms with Crippen LogP contribution in [-0.4, -0.2) is 12.5 Å². The van der Waals surface area contributed by atoms with Crippen LogP contribution >= 0.6 is 11.6 Å². The zero-order valence-electron chi connectivity index (χ0n) is 7.96. The molecule has 0 aliphatic heterocycles. The third kappa shape index (κ3) is 4.10. The summed E-state index contributed by atoms with van der Waals surface area (Å²) in [4.78, 5) is 10.5. The summed E-state index contributed by atoms with van der Waals surface area (Å²) in [5, 5.41) is 3.40. The fourth-order valence-electron chi connectivity index (χ4n) is 0.972. The lowest BCUT2D eigenvalue weighted by Crippen LogP contribution is -2.19. The third-order valence-corrected chi connectivity index (χ3v) is 1.90. The summed E-state index contributed by atoms with van der Waals surface area (Å²) in [6, 6.07) is 7.51. The van der Waals surface area contributed by atoms with Gasteiger partial charge in [0.1, 0.15) is 0 Å². The molecule has 0 atom stereocenters. The summed E-state index contributed by atoms with van der Waals surface area (Å²) in [5.41, 5.74) is 1.07. The smallest absolute Gasteiger partial charge is 0.217 e. The van der Waals surface area contributed by atoms with E-state index in [-0.39, 0.29) is 5.91 Å². The standard InChI is InChI=1S/C11H12ClNO/c1-9(14)13-8-2-3-10-4-6-11(12)7-5-10/h2-7H,8H2,1H3,(H,13,14). The van der Waals surface area contributed by atoms with E-state index in [0.717, 1.165) is 10.6 Å². The Morgan fingerprint density at radius 2 is 2.07 bits per heavy atom. The topological polar surface area (TPSA) is 29.1 Å². The van der Waals surface area contributed by atoms with Gasteiger partial charge in [-0.1, -0.05) is 35.9 Å². The number of carbonyl (C=O) groups is 1. The molecule has 1 rings (SSSR count). The van der Waals surface area contributed by atoms with E-state index in [1.54, 1.807) is 0 Å². The molecule has 1 aromatic carbocycles. The maximum Gasteiger partial charge on any atom is 0.217 e. The van der Waals surface area contributed by atoms with Gasteiger partial charge in [-0.15, -0.1) is 0 Å². The molecule has 1 amide bonds. The molecular weight excluding hydrogens is 198 g/mol. The van der Waals surface area contributed by atoms with Crippen molar-refractivity contribution < 1.29 is 4.79 Å².